The number of fused-ring (bicyclic) bond motifs is 1. The van der Waals surface area contributed by atoms with Crippen molar-refractivity contribution < 1.29 is 9.52 Å². The Kier molecular flexibility index (Phi) is 3.49. The Hall–Kier alpha value is -2.07. The number of rotatable bonds is 3. The highest BCUT2D eigenvalue weighted by atomic mass is 16.4. The Morgan fingerprint density at radius 2 is 2.09 bits per heavy atom. The van der Waals surface area contributed by atoms with E-state index in [1.165, 1.54) is 30.9 Å². The summed E-state index contributed by atoms with van der Waals surface area (Å²) >= 11 is 0. The van der Waals surface area contributed by atoms with Gasteiger partial charge in [0.15, 0.2) is 5.75 Å². The van der Waals surface area contributed by atoms with Crippen molar-refractivity contribution in [2.75, 3.05) is 6.54 Å². The Balaban J connectivity index is 1.66. The molecule has 0 amide bonds. The summed E-state index contributed by atoms with van der Waals surface area (Å²) in [6.07, 6.45) is 6.11. The minimum absolute atomic E-state index is 0.0793. The minimum atomic E-state index is -0.374. The van der Waals surface area contributed by atoms with Crippen molar-refractivity contribution in [3.63, 3.8) is 0 Å². The van der Waals surface area contributed by atoms with Crippen molar-refractivity contribution in [1.29, 1.82) is 0 Å². The van der Waals surface area contributed by atoms with Crippen LogP contribution in [0.4, 0.5) is 0 Å². The van der Waals surface area contributed by atoms with Crippen molar-refractivity contribution in [2.24, 2.45) is 5.92 Å². The molecule has 1 aromatic carbocycles. The molecule has 120 valence electrons. The van der Waals surface area contributed by atoms with Gasteiger partial charge in [-0.2, -0.15) is 0 Å². The summed E-state index contributed by atoms with van der Waals surface area (Å²) in [7, 11) is 0. The molecule has 4 heteroatoms. The first-order chi connectivity index (χ1) is 11.2. The average molecular weight is 311 g/mol. The SMILES string of the molecule is O=c1cc(CN2C[C@@H]3CCCC[C@]32c2ccccc2)occ1O. The van der Waals surface area contributed by atoms with Gasteiger partial charge in [-0.25, -0.2) is 0 Å². The Morgan fingerprint density at radius 3 is 2.83 bits per heavy atom. The Labute approximate surface area is 135 Å². The van der Waals surface area contributed by atoms with Crippen LogP contribution in [0.2, 0.25) is 0 Å². The zero-order valence-electron chi connectivity index (χ0n) is 13.1. The first kappa shape index (κ1) is 14.5. The van der Waals surface area contributed by atoms with Crippen LogP contribution in [0.3, 0.4) is 0 Å². The van der Waals surface area contributed by atoms with E-state index in [0.29, 0.717) is 18.2 Å². The van der Waals surface area contributed by atoms with Crippen LogP contribution in [0.5, 0.6) is 5.75 Å². The molecule has 0 unspecified atom stereocenters. The van der Waals surface area contributed by atoms with Gasteiger partial charge in [-0.1, -0.05) is 43.2 Å². The van der Waals surface area contributed by atoms with Crippen molar-refractivity contribution in [3.05, 3.63) is 64.2 Å². The molecule has 1 aromatic heterocycles. The first-order valence-corrected chi connectivity index (χ1v) is 8.31. The van der Waals surface area contributed by atoms with Gasteiger partial charge in [0.05, 0.1) is 12.1 Å². The number of benzene rings is 1. The molecule has 23 heavy (non-hydrogen) atoms. The fourth-order valence-corrected chi connectivity index (χ4v) is 4.41. The van der Waals surface area contributed by atoms with Crippen LogP contribution in [-0.2, 0) is 12.1 Å². The van der Waals surface area contributed by atoms with Gasteiger partial charge in [-0.3, -0.25) is 9.69 Å². The van der Waals surface area contributed by atoms with E-state index in [9.17, 15) is 9.90 Å². The van der Waals surface area contributed by atoms with Gasteiger partial charge in [0.1, 0.15) is 12.0 Å². The van der Waals surface area contributed by atoms with Crippen LogP contribution in [-0.4, -0.2) is 16.6 Å². The largest absolute Gasteiger partial charge is 0.502 e. The number of likely N-dealkylation sites (tertiary alicyclic amines) is 1. The predicted molar refractivity (Wildman–Crippen MR) is 87.1 cm³/mol. The molecule has 0 bridgehead atoms. The van der Waals surface area contributed by atoms with Crippen LogP contribution in [0.15, 0.2) is 51.9 Å². The standard InChI is InChI=1S/C19H21NO3/c21-17-10-16(23-13-18(17)22)12-20-11-15-8-4-5-9-19(15,20)14-6-2-1-3-7-14/h1-3,6-7,10,13,15,22H,4-5,8-9,11-12H2/t15-,19-/m0/s1. The molecular weight excluding hydrogens is 290 g/mol. The van der Waals surface area contributed by atoms with Crippen molar-refractivity contribution in [2.45, 2.75) is 37.8 Å². The van der Waals surface area contributed by atoms with Gasteiger partial charge in [-0.05, 0) is 24.3 Å². The lowest BCUT2D eigenvalue weighted by Gasteiger charge is -2.61. The summed E-state index contributed by atoms with van der Waals surface area (Å²) in [6.45, 7) is 1.65. The van der Waals surface area contributed by atoms with Crippen LogP contribution in [0.25, 0.3) is 0 Å². The molecule has 2 fully saturated rings. The molecular formula is C19H21NO3. The van der Waals surface area contributed by atoms with Gasteiger partial charge in [0.25, 0.3) is 0 Å². The van der Waals surface area contributed by atoms with Crippen LogP contribution in [0, 0.1) is 5.92 Å². The summed E-state index contributed by atoms with van der Waals surface area (Å²) in [5.74, 6) is 0.972. The summed E-state index contributed by atoms with van der Waals surface area (Å²) < 4.78 is 5.41. The van der Waals surface area contributed by atoms with Crippen molar-refractivity contribution in [1.82, 2.24) is 4.90 Å². The molecule has 1 aliphatic carbocycles. The zero-order valence-corrected chi connectivity index (χ0v) is 13.1. The third kappa shape index (κ3) is 2.29. The second kappa shape index (κ2) is 5.53. The lowest BCUT2D eigenvalue weighted by atomic mass is 9.61. The van der Waals surface area contributed by atoms with Crippen molar-refractivity contribution >= 4 is 0 Å². The molecule has 1 saturated carbocycles. The molecule has 2 atom stereocenters. The van der Waals surface area contributed by atoms with Crippen LogP contribution >= 0.6 is 0 Å². The van der Waals surface area contributed by atoms with E-state index in [1.807, 2.05) is 0 Å². The number of aromatic hydroxyl groups is 1. The third-order valence-electron chi connectivity index (χ3n) is 5.53. The normalized spacial score (nSPS) is 27.2. The van der Waals surface area contributed by atoms with E-state index in [0.717, 1.165) is 19.2 Å². The van der Waals surface area contributed by atoms with Gasteiger partial charge in [0, 0.05) is 12.6 Å². The lowest BCUT2D eigenvalue weighted by molar-refractivity contribution is -0.124. The fraction of sp³-hybridized carbons (Fsp3) is 0.421. The number of hydrogen-bond donors (Lipinski definition) is 1. The van der Waals surface area contributed by atoms with E-state index >= 15 is 0 Å². The van der Waals surface area contributed by atoms with E-state index in [2.05, 4.69) is 35.2 Å². The van der Waals surface area contributed by atoms with Gasteiger partial charge >= 0.3 is 0 Å². The highest BCUT2D eigenvalue weighted by Crippen LogP contribution is 2.54. The van der Waals surface area contributed by atoms with E-state index < -0.39 is 0 Å². The lowest BCUT2D eigenvalue weighted by Crippen LogP contribution is -2.65. The smallest absolute Gasteiger partial charge is 0.226 e. The molecule has 1 aliphatic heterocycles. The van der Waals surface area contributed by atoms with Crippen LogP contribution in [0.1, 0.15) is 37.0 Å². The second-order valence-corrected chi connectivity index (χ2v) is 6.71. The van der Waals surface area contributed by atoms with E-state index in [4.69, 9.17) is 4.42 Å². The Bertz CT molecular complexity index is 755. The summed E-state index contributed by atoms with van der Waals surface area (Å²) in [6, 6.07) is 12.1. The monoisotopic (exact) mass is 311 g/mol. The highest BCUT2D eigenvalue weighted by Gasteiger charge is 2.54. The minimum Gasteiger partial charge on any atom is -0.502 e. The molecule has 1 saturated heterocycles. The predicted octanol–water partition coefficient (Wildman–Crippen LogP) is 3.25. The number of nitrogens with zero attached hydrogens (tertiary/aromatic N) is 1. The topological polar surface area (TPSA) is 53.7 Å². The molecule has 2 aliphatic rings. The third-order valence-corrected chi connectivity index (χ3v) is 5.53. The maximum Gasteiger partial charge on any atom is 0.226 e. The summed E-state index contributed by atoms with van der Waals surface area (Å²) in [4.78, 5) is 14.1. The molecule has 2 aromatic rings. The highest BCUT2D eigenvalue weighted by molar-refractivity contribution is 5.30. The van der Waals surface area contributed by atoms with Crippen LogP contribution < -0.4 is 5.43 Å². The van der Waals surface area contributed by atoms with Crippen molar-refractivity contribution in [3.8, 4) is 5.75 Å². The molecule has 0 spiro atoms. The van der Waals surface area contributed by atoms with Gasteiger partial charge in [-0.15, -0.1) is 0 Å². The second-order valence-electron chi connectivity index (χ2n) is 6.71. The maximum absolute atomic E-state index is 11.6. The first-order valence-electron chi connectivity index (χ1n) is 8.31. The molecule has 0 radical (unpaired) electrons. The molecule has 4 nitrogen and oxygen atoms in total. The van der Waals surface area contributed by atoms with E-state index in [1.54, 1.807) is 0 Å². The molecule has 2 heterocycles. The van der Waals surface area contributed by atoms with Gasteiger partial charge in [0.2, 0.25) is 5.43 Å². The van der Waals surface area contributed by atoms with E-state index in [-0.39, 0.29) is 16.7 Å². The summed E-state index contributed by atoms with van der Waals surface area (Å²) in [5.41, 5.74) is 1.08. The van der Waals surface area contributed by atoms with Gasteiger partial charge < -0.3 is 9.52 Å². The zero-order chi connectivity index (χ0) is 15.9. The molecule has 1 N–H and O–H groups in total. The number of hydrogen-bond acceptors (Lipinski definition) is 4. The average Bonchev–Trinajstić information content (AvgIpc) is 2.57. The molecule has 4 rings (SSSR count). The Morgan fingerprint density at radius 1 is 1.26 bits per heavy atom. The summed E-state index contributed by atoms with van der Waals surface area (Å²) in [5, 5.41) is 9.35. The maximum atomic E-state index is 11.6. The quantitative estimate of drug-likeness (QED) is 0.945. The fourth-order valence-electron chi connectivity index (χ4n) is 4.41.